The number of anilines is 1. The summed E-state index contributed by atoms with van der Waals surface area (Å²) < 4.78 is 15.3. The van der Waals surface area contributed by atoms with Gasteiger partial charge < -0.3 is 5.73 Å². The minimum Gasteiger partial charge on any atom is -0.383 e. The van der Waals surface area contributed by atoms with Crippen molar-refractivity contribution in [1.29, 1.82) is 0 Å². The smallest absolute Gasteiger partial charge is 0.129 e. The van der Waals surface area contributed by atoms with Crippen molar-refractivity contribution < 1.29 is 4.39 Å². The average Bonchev–Trinajstić information content (AvgIpc) is 2.75. The zero-order valence-corrected chi connectivity index (χ0v) is 12.0. The Bertz CT molecular complexity index is 771. The predicted molar refractivity (Wildman–Crippen MR) is 83.2 cm³/mol. The number of nitrogens with two attached hydrogens (primary N) is 1. The van der Waals surface area contributed by atoms with E-state index in [2.05, 4.69) is 5.10 Å². The third kappa shape index (κ3) is 2.40. The number of hydrogen-bond donors (Lipinski definition) is 1. The molecular weight excluding hydrogens is 265 g/mol. The molecule has 0 aliphatic heterocycles. The maximum atomic E-state index is 13.7. The van der Waals surface area contributed by atoms with Crippen LogP contribution in [0.15, 0.2) is 48.5 Å². The fourth-order valence-electron chi connectivity index (χ4n) is 2.50. The van der Waals surface area contributed by atoms with Crippen LogP contribution in [-0.2, 0) is 7.05 Å². The van der Waals surface area contributed by atoms with Gasteiger partial charge in [0.15, 0.2) is 0 Å². The highest BCUT2D eigenvalue weighted by Crippen LogP contribution is 2.36. The van der Waals surface area contributed by atoms with Crippen LogP contribution < -0.4 is 5.73 Å². The Morgan fingerprint density at radius 1 is 1.05 bits per heavy atom. The minimum atomic E-state index is -0.270. The number of halogens is 1. The first-order valence-corrected chi connectivity index (χ1v) is 6.71. The Hall–Kier alpha value is -2.62. The molecule has 0 spiro atoms. The SMILES string of the molecule is Cc1cc(F)cc(-c2nn(C)c(N)c2-c2ccccc2)c1. The second-order valence-corrected chi connectivity index (χ2v) is 5.12. The van der Waals surface area contributed by atoms with Gasteiger partial charge in [-0.05, 0) is 36.2 Å². The van der Waals surface area contributed by atoms with Crippen molar-refractivity contribution >= 4 is 5.82 Å². The molecule has 3 rings (SSSR count). The Morgan fingerprint density at radius 3 is 2.43 bits per heavy atom. The number of rotatable bonds is 2. The fraction of sp³-hybridized carbons (Fsp3) is 0.118. The molecule has 0 aliphatic carbocycles. The summed E-state index contributed by atoms with van der Waals surface area (Å²) in [4.78, 5) is 0. The molecule has 2 aromatic carbocycles. The molecule has 0 fully saturated rings. The molecule has 2 N–H and O–H groups in total. The maximum absolute atomic E-state index is 13.7. The molecule has 0 radical (unpaired) electrons. The summed E-state index contributed by atoms with van der Waals surface area (Å²) in [5.74, 6) is 0.298. The quantitative estimate of drug-likeness (QED) is 0.776. The lowest BCUT2D eigenvalue weighted by Gasteiger charge is -2.05. The molecule has 1 heterocycles. The lowest BCUT2D eigenvalue weighted by atomic mass is 10.00. The van der Waals surface area contributed by atoms with Gasteiger partial charge in [0.2, 0.25) is 0 Å². The van der Waals surface area contributed by atoms with E-state index in [4.69, 9.17) is 5.73 Å². The Morgan fingerprint density at radius 2 is 1.76 bits per heavy atom. The van der Waals surface area contributed by atoms with Crippen molar-refractivity contribution in [1.82, 2.24) is 9.78 Å². The largest absolute Gasteiger partial charge is 0.383 e. The zero-order chi connectivity index (χ0) is 15.0. The lowest BCUT2D eigenvalue weighted by molar-refractivity contribution is 0.627. The predicted octanol–water partition coefficient (Wildman–Crippen LogP) is 3.78. The lowest BCUT2D eigenvalue weighted by Crippen LogP contribution is -1.97. The van der Waals surface area contributed by atoms with Crippen LogP contribution in [0.25, 0.3) is 22.4 Å². The molecule has 21 heavy (non-hydrogen) atoms. The van der Waals surface area contributed by atoms with E-state index in [9.17, 15) is 4.39 Å². The van der Waals surface area contributed by atoms with Crippen LogP contribution in [0.5, 0.6) is 0 Å². The van der Waals surface area contributed by atoms with Gasteiger partial charge in [0.05, 0.1) is 5.56 Å². The van der Waals surface area contributed by atoms with Crippen molar-refractivity contribution in [3.05, 3.63) is 59.9 Å². The number of hydrogen-bond acceptors (Lipinski definition) is 2. The van der Waals surface area contributed by atoms with Gasteiger partial charge in [-0.3, -0.25) is 4.68 Å². The molecule has 3 nitrogen and oxygen atoms in total. The summed E-state index contributed by atoms with van der Waals surface area (Å²) in [6.45, 7) is 1.86. The number of nitrogen functional groups attached to an aromatic ring is 1. The second-order valence-electron chi connectivity index (χ2n) is 5.12. The van der Waals surface area contributed by atoms with E-state index < -0.39 is 0 Å². The minimum absolute atomic E-state index is 0.270. The van der Waals surface area contributed by atoms with Crippen molar-refractivity contribution in [2.24, 2.45) is 7.05 Å². The zero-order valence-electron chi connectivity index (χ0n) is 12.0. The Balaban J connectivity index is 2.26. The molecule has 0 unspecified atom stereocenters. The van der Waals surface area contributed by atoms with Crippen molar-refractivity contribution in [2.45, 2.75) is 6.92 Å². The third-order valence-corrected chi connectivity index (χ3v) is 3.47. The summed E-state index contributed by atoms with van der Waals surface area (Å²) in [7, 11) is 1.79. The van der Waals surface area contributed by atoms with E-state index in [1.165, 1.54) is 12.1 Å². The first-order chi connectivity index (χ1) is 10.1. The molecule has 0 amide bonds. The Labute approximate surface area is 122 Å². The van der Waals surface area contributed by atoms with Crippen molar-refractivity contribution in [3.63, 3.8) is 0 Å². The molecule has 3 aromatic rings. The van der Waals surface area contributed by atoms with Gasteiger partial charge in [0.25, 0.3) is 0 Å². The molecule has 4 heteroatoms. The van der Waals surface area contributed by atoms with Gasteiger partial charge >= 0.3 is 0 Å². The highest BCUT2D eigenvalue weighted by Gasteiger charge is 2.17. The number of aryl methyl sites for hydroxylation is 2. The number of benzene rings is 2. The van der Waals surface area contributed by atoms with E-state index in [-0.39, 0.29) is 5.82 Å². The highest BCUT2D eigenvalue weighted by atomic mass is 19.1. The molecule has 106 valence electrons. The number of aromatic nitrogens is 2. The van der Waals surface area contributed by atoms with Crippen LogP contribution in [-0.4, -0.2) is 9.78 Å². The molecular formula is C17H16FN3. The van der Waals surface area contributed by atoms with Crippen LogP contribution in [0.2, 0.25) is 0 Å². The van der Waals surface area contributed by atoms with Gasteiger partial charge in [-0.15, -0.1) is 0 Å². The van der Waals surface area contributed by atoms with Gasteiger partial charge in [-0.1, -0.05) is 30.3 Å². The molecule has 0 saturated heterocycles. The summed E-state index contributed by atoms with van der Waals surface area (Å²) in [5.41, 5.74) is 10.3. The third-order valence-electron chi connectivity index (χ3n) is 3.47. The van der Waals surface area contributed by atoms with E-state index in [0.29, 0.717) is 11.5 Å². The van der Waals surface area contributed by atoms with Crippen LogP contribution in [0.4, 0.5) is 10.2 Å². The molecule has 0 bridgehead atoms. The first kappa shape index (κ1) is 13.4. The normalized spacial score (nSPS) is 10.8. The summed E-state index contributed by atoms with van der Waals surface area (Å²) in [6, 6.07) is 14.7. The monoisotopic (exact) mass is 281 g/mol. The van der Waals surface area contributed by atoms with Crippen LogP contribution in [0.1, 0.15) is 5.56 Å². The van der Waals surface area contributed by atoms with E-state index in [0.717, 1.165) is 22.3 Å². The molecule has 0 saturated carbocycles. The van der Waals surface area contributed by atoms with Crippen molar-refractivity contribution in [3.8, 4) is 22.4 Å². The molecule has 0 atom stereocenters. The summed E-state index contributed by atoms with van der Waals surface area (Å²) in [5, 5.41) is 4.46. The van der Waals surface area contributed by atoms with Crippen LogP contribution >= 0.6 is 0 Å². The summed E-state index contributed by atoms with van der Waals surface area (Å²) >= 11 is 0. The average molecular weight is 281 g/mol. The maximum Gasteiger partial charge on any atom is 0.129 e. The fourth-order valence-corrected chi connectivity index (χ4v) is 2.50. The van der Waals surface area contributed by atoms with Gasteiger partial charge in [0, 0.05) is 12.6 Å². The molecule has 0 aliphatic rings. The van der Waals surface area contributed by atoms with E-state index in [1.54, 1.807) is 11.7 Å². The summed E-state index contributed by atoms with van der Waals surface area (Å²) in [6.07, 6.45) is 0. The van der Waals surface area contributed by atoms with Gasteiger partial charge in [0.1, 0.15) is 17.3 Å². The topological polar surface area (TPSA) is 43.8 Å². The van der Waals surface area contributed by atoms with E-state index in [1.807, 2.05) is 43.3 Å². The first-order valence-electron chi connectivity index (χ1n) is 6.71. The van der Waals surface area contributed by atoms with Gasteiger partial charge in [-0.2, -0.15) is 5.10 Å². The van der Waals surface area contributed by atoms with E-state index >= 15 is 0 Å². The van der Waals surface area contributed by atoms with Crippen LogP contribution in [0.3, 0.4) is 0 Å². The highest BCUT2D eigenvalue weighted by molar-refractivity contribution is 5.88. The second kappa shape index (κ2) is 5.05. The van der Waals surface area contributed by atoms with Crippen molar-refractivity contribution in [2.75, 3.05) is 5.73 Å². The standard InChI is InChI=1S/C17H16FN3/c1-11-8-13(10-14(18)9-11)16-15(17(19)21(2)20-16)12-6-4-3-5-7-12/h3-10H,19H2,1-2H3. The van der Waals surface area contributed by atoms with Crippen LogP contribution in [0, 0.1) is 12.7 Å². The molecule has 1 aromatic heterocycles. The Kier molecular flexibility index (Phi) is 3.22. The number of nitrogens with zero attached hydrogens (tertiary/aromatic N) is 2. The van der Waals surface area contributed by atoms with Gasteiger partial charge in [-0.25, -0.2) is 4.39 Å².